The normalized spacial score (nSPS) is 16.2. The third-order valence-electron chi connectivity index (χ3n) is 3.24. The van der Waals surface area contributed by atoms with E-state index in [2.05, 4.69) is 10.2 Å². The van der Waals surface area contributed by atoms with E-state index in [-0.39, 0.29) is 16.9 Å². The van der Waals surface area contributed by atoms with Crippen molar-refractivity contribution in [2.24, 2.45) is 0 Å². The molecular weight excluding hydrogens is 270 g/mol. The van der Waals surface area contributed by atoms with Gasteiger partial charge in [0.05, 0.1) is 12.8 Å². The van der Waals surface area contributed by atoms with Crippen LogP contribution in [0.1, 0.15) is 23.3 Å². The van der Waals surface area contributed by atoms with E-state index >= 15 is 0 Å². The lowest BCUT2D eigenvalue weighted by atomic mass is 10.1. The van der Waals surface area contributed by atoms with Gasteiger partial charge in [0.1, 0.15) is 0 Å². The van der Waals surface area contributed by atoms with Gasteiger partial charge in [0, 0.05) is 32.4 Å². The second kappa shape index (κ2) is 6.16. The van der Waals surface area contributed by atoms with Crippen LogP contribution in [0.3, 0.4) is 0 Å². The van der Waals surface area contributed by atoms with Crippen LogP contribution < -0.4 is 4.90 Å². The summed E-state index contributed by atoms with van der Waals surface area (Å²) >= 11 is 5.87. The molecule has 6 nitrogen and oxygen atoms in total. The molecule has 1 fully saturated rings. The summed E-state index contributed by atoms with van der Waals surface area (Å²) in [7, 11) is 3.23. The van der Waals surface area contributed by atoms with Gasteiger partial charge in [-0.1, -0.05) is 11.6 Å². The van der Waals surface area contributed by atoms with E-state index < -0.39 is 5.97 Å². The Labute approximate surface area is 116 Å². The molecular formula is C12H16ClN3O3. The first kappa shape index (κ1) is 14.0. The number of ether oxygens (including phenoxy) is 2. The second-order valence-electron chi connectivity index (χ2n) is 4.35. The molecule has 0 amide bonds. The van der Waals surface area contributed by atoms with Gasteiger partial charge in [0.25, 0.3) is 0 Å². The van der Waals surface area contributed by atoms with E-state index in [0.29, 0.717) is 5.69 Å². The van der Waals surface area contributed by atoms with Crippen molar-refractivity contribution in [3.05, 3.63) is 16.9 Å². The summed E-state index contributed by atoms with van der Waals surface area (Å²) in [6, 6.07) is 1.92. The molecule has 0 spiro atoms. The van der Waals surface area contributed by atoms with E-state index in [1.165, 1.54) is 7.11 Å². The molecule has 0 aromatic carbocycles. The number of hydrogen-bond acceptors (Lipinski definition) is 6. The third-order valence-corrected chi connectivity index (χ3v) is 3.43. The first-order valence-electron chi connectivity index (χ1n) is 6.05. The fourth-order valence-corrected chi connectivity index (χ4v) is 2.28. The number of anilines is 1. The van der Waals surface area contributed by atoms with Gasteiger partial charge in [-0.2, -0.15) is 0 Å². The number of carbonyl (C=O) groups excluding carboxylic acids is 1. The van der Waals surface area contributed by atoms with Crippen molar-refractivity contribution in [2.75, 3.05) is 32.3 Å². The van der Waals surface area contributed by atoms with Gasteiger partial charge in [-0.25, -0.2) is 4.79 Å². The lowest BCUT2D eigenvalue weighted by molar-refractivity contribution is 0.0592. The highest BCUT2D eigenvalue weighted by Crippen LogP contribution is 2.26. The van der Waals surface area contributed by atoms with E-state index in [9.17, 15) is 4.79 Å². The van der Waals surface area contributed by atoms with Crippen molar-refractivity contribution < 1.29 is 14.3 Å². The van der Waals surface area contributed by atoms with Crippen molar-refractivity contribution in [1.82, 2.24) is 10.2 Å². The maximum Gasteiger partial charge on any atom is 0.360 e. The number of esters is 1. The van der Waals surface area contributed by atoms with Crippen LogP contribution in [0.5, 0.6) is 0 Å². The monoisotopic (exact) mass is 285 g/mol. The summed E-state index contributed by atoms with van der Waals surface area (Å²) in [5.41, 5.74) is 0.819. The highest BCUT2D eigenvalue weighted by Gasteiger charge is 2.24. The first-order chi connectivity index (χ1) is 9.13. The molecule has 104 valence electrons. The van der Waals surface area contributed by atoms with Crippen LogP contribution in [0.25, 0.3) is 0 Å². The van der Waals surface area contributed by atoms with Gasteiger partial charge in [-0.3, -0.25) is 0 Å². The number of methoxy groups -OCH3 is 1. The molecule has 1 aromatic heterocycles. The third kappa shape index (κ3) is 3.13. The maximum atomic E-state index is 11.7. The quantitative estimate of drug-likeness (QED) is 0.785. The SMILES string of the molecule is COC(=O)c1nnc(Cl)cc1N(C)C1CCOCC1. The average Bonchev–Trinajstić information content (AvgIpc) is 2.46. The van der Waals surface area contributed by atoms with Gasteiger partial charge < -0.3 is 14.4 Å². The standard InChI is InChI=1S/C12H16ClN3O3/c1-16(8-3-5-19-6-4-8)9-7-10(13)14-15-11(9)12(17)18-2/h7-8H,3-6H2,1-2H3. The summed E-state index contributed by atoms with van der Waals surface area (Å²) < 4.78 is 10.1. The molecule has 0 aliphatic carbocycles. The van der Waals surface area contributed by atoms with Crippen molar-refractivity contribution in [3.63, 3.8) is 0 Å². The van der Waals surface area contributed by atoms with Gasteiger partial charge in [-0.15, -0.1) is 10.2 Å². The Kier molecular flexibility index (Phi) is 4.55. The summed E-state index contributed by atoms with van der Waals surface area (Å²) in [5, 5.41) is 7.79. The van der Waals surface area contributed by atoms with E-state index in [1.807, 2.05) is 11.9 Å². The fraction of sp³-hybridized carbons (Fsp3) is 0.583. The molecule has 0 saturated carbocycles. The van der Waals surface area contributed by atoms with Crippen LogP contribution >= 0.6 is 11.6 Å². The van der Waals surface area contributed by atoms with Crippen LogP contribution in [-0.2, 0) is 9.47 Å². The molecule has 2 rings (SSSR count). The number of aromatic nitrogens is 2. The molecule has 0 unspecified atom stereocenters. The van der Waals surface area contributed by atoms with Crippen molar-refractivity contribution in [1.29, 1.82) is 0 Å². The molecule has 0 N–H and O–H groups in total. The lowest BCUT2D eigenvalue weighted by Gasteiger charge is -2.33. The largest absolute Gasteiger partial charge is 0.464 e. The average molecular weight is 286 g/mol. The van der Waals surface area contributed by atoms with Crippen LogP contribution in [0.2, 0.25) is 5.15 Å². The van der Waals surface area contributed by atoms with Crippen LogP contribution in [0.15, 0.2) is 6.07 Å². The zero-order valence-electron chi connectivity index (χ0n) is 10.9. The van der Waals surface area contributed by atoms with Crippen molar-refractivity contribution in [3.8, 4) is 0 Å². The van der Waals surface area contributed by atoms with E-state index in [4.69, 9.17) is 21.1 Å². The topological polar surface area (TPSA) is 64.5 Å². The Bertz CT molecular complexity index is 464. The van der Waals surface area contributed by atoms with Crippen molar-refractivity contribution in [2.45, 2.75) is 18.9 Å². The Morgan fingerprint density at radius 1 is 1.47 bits per heavy atom. The summed E-state index contributed by atoms with van der Waals surface area (Å²) in [4.78, 5) is 13.7. The molecule has 19 heavy (non-hydrogen) atoms. The molecule has 0 atom stereocenters. The number of halogens is 1. The molecule has 1 aromatic rings. The highest BCUT2D eigenvalue weighted by molar-refractivity contribution is 6.29. The van der Waals surface area contributed by atoms with Gasteiger partial charge in [-0.05, 0) is 12.8 Å². The fourth-order valence-electron chi connectivity index (χ4n) is 2.14. The summed E-state index contributed by atoms with van der Waals surface area (Å²) in [5.74, 6) is -0.516. The molecule has 0 bridgehead atoms. The predicted molar refractivity (Wildman–Crippen MR) is 70.6 cm³/mol. The smallest absolute Gasteiger partial charge is 0.360 e. The number of rotatable bonds is 3. The molecule has 1 saturated heterocycles. The molecule has 1 aliphatic rings. The Morgan fingerprint density at radius 2 is 2.16 bits per heavy atom. The molecule has 2 heterocycles. The van der Waals surface area contributed by atoms with E-state index in [1.54, 1.807) is 6.07 Å². The van der Waals surface area contributed by atoms with Crippen LogP contribution in [0, 0.1) is 0 Å². The van der Waals surface area contributed by atoms with Crippen LogP contribution in [0.4, 0.5) is 5.69 Å². The van der Waals surface area contributed by atoms with Gasteiger partial charge in [0.2, 0.25) is 0 Å². The minimum absolute atomic E-state index is 0.181. The highest BCUT2D eigenvalue weighted by atomic mass is 35.5. The minimum atomic E-state index is -0.516. The molecule has 1 aliphatic heterocycles. The number of nitrogens with zero attached hydrogens (tertiary/aromatic N) is 3. The Morgan fingerprint density at radius 3 is 2.79 bits per heavy atom. The minimum Gasteiger partial charge on any atom is -0.464 e. The van der Waals surface area contributed by atoms with Gasteiger partial charge in [0.15, 0.2) is 10.8 Å². The molecule has 0 radical (unpaired) electrons. The first-order valence-corrected chi connectivity index (χ1v) is 6.43. The zero-order valence-corrected chi connectivity index (χ0v) is 11.7. The van der Waals surface area contributed by atoms with Crippen molar-refractivity contribution >= 4 is 23.3 Å². The predicted octanol–water partition coefficient (Wildman–Crippen LogP) is 1.53. The number of hydrogen-bond donors (Lipinski definition) is 0. The second-order valence-corrected chi connectivity index (χ2v) is 4.73. The van der Waals surface area contributed by atoms with Gasteiger partial charge >= 0.3 is 5.97 Å². The number of carbonyl (C=O) groups is 1. The summed E-state index contributed by atoms with van der Waals surface area (Å²) in [6.07, 6.45) is 1.80. The lowest BCUT2D eigenvalue weighted by Crippen LogP contribution is -2.37. The van der Waals surface area contributed by atoms with Crippen LogP contribution in [-0.4, -0.2) is 49.6 Å². The Balaban J connectivity index is 2.30. The maximum absolute atomic E-state index is 11.7. The zero-order chi connectivity index (χ0) is 13.8. The van der Waals surface area contributed by atoms with E-state index in [0.717, 1.165) is 26.1 Å². The summed E-state index contributed by atoms with van der Waals surface area (Å²) in [6.45, 7) is 1.43. The Hall–Kier alpha value is -1.40. The molecule has 7 heteroatoms.